The minimum atomic E-state index is -0.427. The van der Waals surface area contributed by atoms with Gasteiger partial charge in [0.2, 0.25) is 0 Å². The fourth-order valence-electron chi connectivity index (χ4n) is 3.06. The molecule has 0 spiro atoms. The van der Waals surface area contributed by atoms with E-state index >= 15 is 0 Å². The molecule has 8 heteroatoms. The van der Waals surface area contributed by atoms with E-state index < -0.39 is 5.76 Å². The summed E-state index contributed by atoms with van der Waals surface area (Å²) in [6.07, 6.45) is 3.34. The molecule has 0 bridgehead atoms. The Morgan fingerprint density at radius 3 is 2.70 bits per heavy atom. The number of pyridine rings is 1. The monoisotopic (exact) mass is 405 g/mol. The number of ether oxygens (including phenoxy) is 1. The molecule has 0 aliphatic heterocycles. The first kappa shape index (κ1) is 19.8. The van der Waals surface area contributed by atoms with Gasteiger partial charge >= 0.3 is 5.76 Å². The number of benzene rings is 1. The smallest absolute Gasteiger partial charge is 0.421 e. The van der Waals surface area contributed by atoms with Crippen LogP contribution in [0.25, 0.3) is 22.6 Å². The Labute approximate surface area is 173 Å². The van der Waals surface area contributed by atoms with E-state index in [1.54, 1.807) is 18.5 Å². The molecule has 0 atom stereocenters. The van der Waals surface area contributed by atoms with Gasteiger partial charge in [0.1, 0.15) is 6.61 Å². The van der Waals surface area contributed by atoms with Crippen LogP contribution >= 0.6 is 0 Å². The van der Waals surface area contributed by atoms with Crippen molar-refractivity contribution in [2.45, 2.75) is 13.5 Å². The summed E-state index contributed by atoms with van der Waals surface area (Å²) in [5.41, 5.74) is 3.63. The number of nitrogens with zero attached hydrogens (tertiary/aromatic N) is 5. The van der Waals surface area contributed by atoms with Crippen LogP contribution < -0.4 is 10.5 Å². The third-order valence-corrected chi connectivity index (χ3v) is 4.61. The second kappa shape index (κ2) is 8.46. The van der Waals surface area contributed by atoms with Gasteiger partial charge in [-0.05, 0) is 44.8 Å². The van der Waals surface area contributed by atoms with Crippen LogP contribution in [0.4, 0.5) is 0 Å². The quantitative estimate of drug-likeness (QED) is 0.467. The number of hydrogen-bond acceptors (Lipinski definition) is 7. The van der Waals surface area contributed by atoms with Crippen molar-refractivity contribution in [1.29, 1.82) is 0 Å². The van der Waals surface area contributed by atoms with E-state index in [9.17, 15) is 4.79 Å². The van der Waals surface area contributed by atoms with Gasteiger partial charge in [0.15, 0.2) is 22.8 Å². The van der Waals surface area contributed by atoms with Crippen LogP contribution in [0, 0.1) is 6.92 Å². The van der Waals surface area contributed by atoms with Gasteiger partial charge in [-0.1, -0.05) is 18.2 Å². The van der Waals surface area contributed by atoms with Crippen LogP contribution in [-0.2, 0) is 6.54 Å². The van der Waals surface area contributed by atoms with Gasteiger partial charge in [0.25, 0.3) is 0 Å². The summed E-state index contributed by atoms with van der Waals surface area (Å²) in [6, 6.07) is 11.3. The normalized spacial score (nSPS) is 11.3. The maximum atomic E-state index is 12.3. The van der Waals surface area contributed by atoms with Gasteiger partial charge in [-0.15, -0.1) is 0 Å². The molecule has 0 unspecified atom stereocenters. The number of aryl methyl sites for hydroxylation is 1. The van der Waals surface area contributed by atoms with E-state index in [1.807, 2.05) is 56.3 Å². The van der Waals surface area contributed by atoms with Crippen molar-refractivity contribution in [2.75, 3.05) is 27.2 Å². The SMILES string of the molecule is Cc1ccc2oc(=O)n(Cc3cccc(-c4ncc(OCCN(C)C)cn4)c3)c2n1. The Hall–Kier alpha value is -3.52. The second-order valence-electron chi connectivity index (χ2n) is 7.32. The standard InChI is InChI=1S/C22H23N5O3/c1-15-7-8-19-21(25-15)27(22(28)30-19)14-16-5-4-6-17(11-16)20-23-12-18(13-24-20)29-10-9-26(2)3/h4-8,11-13H,9-10,14H2,1-3H3. The molecule has 4 rings (SSSR count). The molecule has 4 aromatic rings. The second-order valence-corrected chi connectivity index (χ2v) is 7.32. The lowest BCUT2D eigenvalue weighted by molar-refractivity contribution is 0.260. The average Bonchev–Trinajstić information content (AvgIpc) is 3.03. The fraction of sp³-hybridized carbons (Fsp3) is 0.273. The summed E-state index contributed by atoms with van der Waals surface area (Å²) in [5.74, 6) is 0.800. The molecule has 0 aliphatic carbocycles. The molecule has 8 nitrogen and oxygen atoms in total. The topological polar surface area (TPSA) is 86.3 Å². The van der Waals surface area contributed by atoms with E-state index in [1.165, 1.54) is 4.57 Å². The zero-order chi connectivity index (χ0) is 21.1. The molecule has 1 aromatic carbocycles. The largest absolute Gasteiger partial charge is 0.489 e. The van der Waals surface area contributed by atoms with E-state index in [4.69, 9.17) is 9.15 Å². The van der Waals surface area contributed by atoms with Crippen LogP contribution in [0.3, 0.4) is 0 Å². The Kier molecular flexibility index (Phi) is 5.58. The molecule has 154 valence electrons. The molecule has 3 aromatic heterocycles. The van der Waals surface area contributed by atoms with E-state index in [0.29, 0.717) is 36.0 Å². The lowest BCUT2D eigenvalue weighted by Crippen LogP contribution is -2.19. The van der Waals surface area contributed by atoms with E-state index in [2.05, 4.69) is 15.0 Å². The van der Waals surface area contributed by atoms with Gasteiger partial charge in [0.05, 0.1) is 18.9 Å². The molecule has 0 N–H and O–H groups in total. The molecule has 0 fully saturated rings. The molecule has 3 heterocycles. The third-order valence-electron chi connectivity index (χ3n) is 4.61. The predicted molar refractivity (Wildman–Crippen MR) is 114 cm³/mol. The number of likely N-dealkylation sites (N-methyl/N-ethyl adjacent to an activating group) is 1. The van der Waals surface area contributed by atoms with Gasteiger partial charge < -0.3 is 14.1 Å². The number of fused-ring (bicyclic) bond motifs is 1. The van der Waals surface area contributed by atoms with Crippen LogP contribution in [0.5, 0.6) is 5.75 Å². The number of rotatable bonds is 7. The number of aromatic nitrogens is 4. The first-order valence-electron chi connectivity index (χ1n) is 9.65. The van der Waals surface area contributed by atoms with Crippen LogP contribution in [-0.4, -0.2) is 51.7 Å². The molecular weight excluding hydrogens is 382 g/mol. The summed E-state index contributed by atoms with van der Waals surface area (Å²) in [7, 11) is 3.99. The minimum Gasteiger partial charge on any atom is -0.489 e. The molecular formula is C22H23N5O3. The van der Waals surface area contributed by atoms with Crippen LogP contribution in [0.1, 0.15) is 11.3 Å². The highest BCUT2D eigenvalue weighted by Crippen LogP contribution is 2.19. The van der Waals surface area contributed by atoms with Crippen molar-refractivity contribution in [2.24, 2.45) is 0 Å². The predicted octanol–water partition coefficient (Wildman–Crippen LogP) is 2.74. The molecule has 0 saturated carbocycles. The molecule has 0 radical (unpaired) electrons. The summed E-state index contributed by atoms with van der Waals surface area (Å²) in [4.78, 5) is 27.6. The first-order chi connectivity index (χ1) is 14.5. The van der Waals surface area contributed by atoms with Gasteiger partial charge in [-0.25, -0.2) is 19.7 Å². The Morgan fingerprint density at radius 1 is 1.13 bits per heavy atom. The minimum absolute atomic E-state index is 0.349. The third kappa shape index (κ3) is 4.38. The molecule has 0 amide bonds. The lowest BCUT2D eigenvalue weighted by Gasteiger charge is -2.10. The van der Waals surface area contributed by atoms with Crippen molar-refractivity contribution in [1.82, 2.24) is 24.4 Å². The summed E-state index contributed by atoms with van der Waals surface area (Å²) < 4.78 is 12.5. The number of oxazole rings is 1. The zero-order valence-corrected chi connectivity index (χ0v) is 17.2. The highest BCUT2D eigenvalue weighted by Gasteiger charge is 2.12. The zero-order valence-electron chi connectivity index (χ0n) is 17.2. The highest BCUT2D eigenvalue weighted by atomic mass is 16.5. The van der Waals surface area contributed by atoms with Crippen molar-refractivity contribution >= 4 is 11.2 Å². The van der Waals surface area contributed by atoms with Crippen molar-refractivity contribution in [3.8, 4) is 17.1 Å². The van der Waals surface area contributed by atoms with Crippen molar-refractivity contribution in [3.63, 3.8) is 0 Å². The summed E-state index contributed by atoms with van der Waals surface area (Å²) >= 11 is 0. The Bertz CT molecular complexity index is 1210. The molecule has 0 aliphatic rings. The highest BCUT2D eigenvalue weighted by molar-refractivity contribution is 5.68. The van der Waals surface area contributed by atoms with E-state index in [-0.39, 0.29) is 0 Å². The van der Waals surface area contributed by atoms with Crippen LogP contribution in [0.2, 0.25) is 0 Å². The fourth-order valence-corrected chi connectivity index (χ4v) is 3.06. The van der Waals surface area contributed by atoms with Gasteiger partial charge in [-0.3, -0.25) is 4.57 Å². The Morgan fingerprint density at radius 2 is 1.93 bits per heavy atom. The van der Waals surface area contributed by atoms with Crippen LogP contribution in [0.15, 0.2) is 58.0 Å². The van der Waals surface area contributed by atoms with Crippen molar-refractivity contribution < 1.29 is 9.15 Å². The summed E-state index contributed by atoms with van der Waals surface area (Å²) in [5, 5.41) is 0. The average molecular weight is 405 g/mol. The van der Waals surface area contributed by atoms with Gasteiger partial charge in [-0.2, -0.15) is 0 Å². The summed E-state index contributed by atoms with van der Waals surface area (Å²) in [6.45, 7) is 3.63. The van der Waals surface area contributed by atoms with E-state index in [0.717, 1.165) is 23.4 Å². The maximum absolute atomic E-state index is 12.3. The molecule has 30 heavy (non-hydrogen) atoms. The van der Waals surface area contributed by atoms with Crippen molar-refractivity contribution in [3.05, 3.63) is 70.6 Å². The van der Waals surface area contributed by atoms with Gasteiger partial charge in [0, 0.05) is 17.8 Å². The molecule has 0 saturated heterocycles. The first-order valence-corrected chi connectivity index (χ1v) is 9.65. The number of hydrogen-bond donors (Lipinski definition) is 0. The maximum Gasteiger partial charge on any atom is 0.421 e. The Balaban J connectivity index is 1.54. The lowest BCUT2D eigenvalue weighted by atomic mass is 10.1.